The maximum Gasteiger partial charge on any atom is 0.264 e. The molecule has 0 saturated carbocycles. The summed E-state index contributed by atoms with van der Waals surface area (Å²) in [5.74, 6) is -0.286. The number of fused-ring (bicyclic) bond motifs is 2. The van der Waals surface area contributed by atoms with E-state index in [1.807, 2.05) is 135 Å². The Morgan fingerprint density at radius 3 is 2.40 bits per heavy atom. The molecule has 3 aliphatic heterocycles. The summed E-state index contributed by atoms with van der Waals surface area (Å²) in [5, 5.41) is 21.0. The number of amides is 2. The van der Waals surface area contributed by atoms with Gasteiger partial charge in [-0.1, -0.05) is 78.9 Å². The first-order valence-electron chi connectivity index (χ1n) is 19.4. The molecule has 2 amide bonds. The summed E-state index contributed by atoms with van der Waals surface area (Å²) in [4.78, 5) is 44.1. The molecule has 1 spiro atoms. The van der Waals surface area contributed by atoms with Crippen molar-refractivity contribution in [1.82, 2.24) is 15.0 Å². The highest BCUT2D eigenvalue weighted by molar-refractivity contribution is 6.71. The van der Waals surface area contributed by atoms with Gasteiger partial charge in [0.25, 0.3) is 11.8 Å². The van der Waals surface area contributed by atoms with Crippen molar-refractivity contribution < 1.29 is 29.0 Å². The summed E-state index contributed by atoms with van der Waals surface area (Å²) >= 11 is 0. The quantitative estimate of drug-likeness (QED) is 0.131. The molecule has 5 aromatic carbocycles. The van der Waals surface area contributed by atoms with Crippen molar-refractivity contribution in [1.29, 1.82) is 0 Å². The molecule has 3 aliphatic rings. The summed E-state index contributed by atoms with van der Waals surface area (Å²) in [6.07, 6.45) is 1.90. The molecule has 4 heterocycles. The number of rotatable bonds is 11. The van der Waals surface area contributed by atoms with Crippen LogP contribution in [-0.2, 0) is 28.2 Å². The molecule has 9 rings (SSSR count). The number of nitrogens with zero attached hydrogens (tertiary/aromatic N) is 5. The Hall–Kier alpha value is -5.66. The Labute approximate surface area is 332 Å². The van der Waals surface area contributed by atoms with Crippen molar-refractivity contribution in [3.63, 3.8) is 0 Å². The Balaban J connectivity index is 0.995. The molecule has 1 fully saturated rings. The highest BCUT2D eigenvalue weighted by Gasteiger charge is 2.66. The van der Waals surface area contributed by atoms with Crippen LogP contribution in [0.3, 0.4) is 0 Å². The van der Waals surface area contributed by atoms with Gasteiger partial charge >= 0.3 is 0 Å². The second-order valence-corrected chi connectivity index (χ2v) is 19.9. The second-order valence-electron chi connectivity index (χ2n) is 16.0. The lowest BCUT2D eigenvalue weighted by molar-refractivity contribution is -0.146. The third-order valence-corrected chi connectivity index (χ3v) is 14.7. The van der Waals surface area contributed by atoms with Gasteiger partial charge in [-0.05, 0) is 78.5 Å². The van der Waals surface area contributed by atoms with Gasteiger partial charge in [-0.25, -0.2) is 0 Å². The zero-order chi connectivity index (χ0) is 39.6. The van der Waals surface area contributed by atoms with E-state index in [-0.39, 0.29) is 42.3 Å². The molecular weight excluding hydrogens is 735 g/mol. The molecule has 0 radical (unpaired) electrons. The maximum atomic E-state index is 15.1. The minimum atomic E-state index is -2.92. The van der Waals surface area contributed by atoms with Crippen molar-refractivity contribution >= 4 is 48.0 Å². The van der Waals surface area contributed by atoms with E-state index >= 15 is 4.79 Å². The molecule has 0 bridgehead atoms. The maximum absolute atomic E-state index is 15.1. The summed E-state index contributed by atoms with van der Waals surface area (Å²) in [6.45, 7) is 6.49. The highest BCUT2D eigenvalue weighted by atomic mass is 28.4. The van der Waals surface area contributed by atoms with Crippen LogP contribution >= 0.6 is 0 Å². The first kappa shape index (κ1) is 36.9. The molecule has 11 nitrogen and oxygen atoms in total. The van der Waals surface area contributed by atoms with E-state index in [2.05, 4.69) is 10.3 Å². The number of aromatic nitrogens is 3. The zero-order valence-electron chi connectivity index (χ0n) is 32.4. The number of aliphatic hydroxyl groups excluding tert-OH is 1. The van der Waals surface area contributed by atoms with Crippen molar-refractivity contribution in [3.8, 4) is 5.75 Å². The van der Waals surface area contributed by atoms with Crippen LogP contribution in [-0.4, -0.2) is 64.8 Å². The van der Waals surface area contributed by atoms with Crippen LogP contribution in [0.15, 0.2) is 115 Å². The Morgan fingerprint density at radius 2 is 1.68 bits per heavy atom. The molecule has 0 aliphatic carbocycles. The molecule has 12 heteroatoms. The fourth-order valence-electron chi connectivity index (χ4n) is 9.61. The van der Waals surface area contributed by atoms with Gasteiger partial charge in [0, 0.05) is 40.8 Å². The fraction of sp³-hybridized carbons (Fsp3) is 0.289. The first-order chi connectivity index (χ1) is 27.5. The molecule has 57 heavy (non-hydrogen) atoms. The van der Waals surface area contributed by atoms with Crippen molar-refractivity contribution in [2.45, 2.75) is 62.7 Å². The highest BCUT2D eigenvalue weighted by Crippen LogP contribution is 2.60. The topological polar surface area (TPSA) is 130 Å². The number of hydrogen-bond donors (Lipinski definition) is 2. The van der Waals surface area contributed by atoms with Gasteiger partial charge in [-0.15, -0.1) is 5.10 Å². The summed E-state index contributed by atoms with van der Waals surface area (Å²) in [6, 6.07) is 35.0. The standard InChI is InChI=1S/C45H45N5O6Si/c1-28-42(57(3,4)54)40(22-23-48-26-37(46-47-48)35(27-51)30-10-6-5-7-11-30)56-45(28)36-24-33(55-2)20-21-38(36)49(44(45)53)25-29-16-18-32(19-17-29)50-39-15-9-13-31-12-8-14-34(41(31)39)43(50)52/h5-21,24,26,28,35,40,42,51,54H,22-23,25,27H2,1-4H3/t28-,35?,40+,42-,45+/m1/s1. The molecular formula is C45H45N5O6Si. The van der Waals surface area contributed by atoms with Gasteiger partial charge in [0.05, 0.1) is 54.9 Å². The Bertz CT molecular complexity index is 2500. The van der Waals surface area contributed by atoms with Gasteiger partial charge in [-0.3, -0.25) is 19.2 Å². The summed E-state index contributed by atoms with van der Waals surface area (Å²) < 4.78 is 14.5. The predicted molar refractivity (Wildman–Crippen MR) is 220 cm³/mol. The molecule has 290 valence electrons. The van der Waals surface area contributed by atoms with Crippen molar-refractivity contribution in [2.75, 3.05) is 23.5 Å². The minimum Gasteiger partial charge on any atom is -0.497 e. The normalized spacial score (nSPS) is 21.9. The number of aryl methyl sites for hydroxylation is 1. The smallest absolute Gasteiger partial charge is 0.264 e. The first-order valence-corrected chi connectivity index (χ1v) is 22.5. The van der Waals surface area contributed by atoms with Crippen LogP contribution in [0.25, 0.3) is 10.8 Å². The van der Waals surface area contributed by atoms with E-state index in [1.165, 1.54) is 0 Å². The number of methoxy groups -OCH3 is 1. The lowest BCUT2D eigenvalue weighted by atomic mass is 9.82. The minimum absolute atomic E-state index is 0.0632. The molecule has 1 unspecified atom stereocenters. The molecule has 1 saturated heterocycles. The van der Waals surface area contributed by atoms with Crippen molar-refractivity contribution in [3.05, 3.63) is 143 Å². The van der Waals surface area contributed by atoms with Gasteiger partial charge in [0.15, 0.2) is 13.9 Å². The average Bonchev–Trinajstić information content (AvgIpc) is 3.94. The number of hydrogen-bond acceptors (Lipinski definition) is 8. The number of ether oxygens (including phenoxy) is 2. The number of carbonyl (C=O) groups excluding carboxylic acids is 2. The van der Waals surface area contributed by atoms with Crippen molar-refractivity contribution in [2.24, 2.45) is 5.92 Å². The molecule has 5 atom stereocenters. The third kappa shape index (κ3) is 5.97. The fourth-order valence-corrected chi connectivity index (χ4v) is 12.2. The van der Waals surface area contributed by atoms with Crippen LogP contribution in [0, 0.1) is 5.92 Å². The van der Waals surface area contributed by atoms with Gasteiger partial charge in [0.2, 0.25) is 0 Å². The summed E-state index contributed by atoms with van der Waals surface area (Å²) in [5.41, 5.74) is 4.66. The molecule has 1 aromatic heterocycles. The van der Waals surface area contributed by atoms with E-state index in [0.29, 0.717) is 30.0 Å². The van der Waals surface area contributed by atoms with Crippen LogP contribution in [0.1, 0.15) is 52.0 Å². The SMILES string of the molecule is COc1ccc2c(c1)[C@]1(O[C@@H](CCn3cc(C(CO)c4ccccc4)nn3)[C@H]([Si](C)(C)O)[C@H]1C)C(=O)N2Cc1ccc(N2C(=O)c3cccc4cccc2c34)cc1. The number of benzene rings is 5. The van der Waals surface area contributed by atoms with Gasteiger partial charge in [0.1, 0.15) is 5.75 Å². The van der Waals surface area contributed by atoms with Crippen LogP contribution in [0.4, 0.5) is 17.1 Å². The molecule has 6 aromatic rings. The lowest BCUT2D eigenvalue weighted by Crippen LogP contribution is -2.46. The second kappa shape index (κ2) is 14.1. The van der Waals surface area contributed by atoms with E-state index in [9.17, 15) is 14.7 Å². The monoisotopic (exact) mass is 779 g/mol. The van der Waals surface area contributed by atoms with E-state index < -0.39 is 20.0 Å². The largest absolute Gasteiger partial charge is 0.497 e. The molecule has 2 N–H and O–H groups in total. The van der Waals surface area contributed by atoms with E-state index in [4.69, 9.17) is 9.47 Å². The summed E-state index contributed by atoms with van der Waals surface area (Å²) in [7, 11) is -1.31. The number of carbonyl (C=O) groups is 2. The average molecular weight is 780 g/mol. The van der Waals surface area contributed by atoms with Crippen LogP contribution < -0.4 is 14.5 Å². The van der Waals surface area contributed by atoms with E-state index in [0.717, 1.165) is 44.5 Å². The van der Waals surface area contributed by atoms with Gasteiger partial charge < -0.3 is 24.3 Å². The third-order valence-electron chi connectivity index (χ3n) is 12.2. The lowest BCUT2D eigenvalue weighted by Gasteiger charge is -2.32. The van der Waals surface area contributed by atoms with E-state index in [1.54, 1.807) is 21.6 Å². The number of aliphatic hydroxyl groups is 1. The predicted octanol–water partition coefficient (Wildman–Crippen LogP) is 7.29. The van der Waals surface area contributed by atoms with Gasteiger partial charge in [-0.2, -0.15) is 0 Å². The Kier molecular flexibility index (Phi) is 9.12. The zero-order valence-corrected chi connectivity index (χ0v) is 33.4. The Morgan fingerprint density at radius 1 is 0.930 bits per heavy atom. The number of anilines is 3. The van der Waals surface area contributed by atoms with Crippen LogP contribution in [0.2, 0.25) is 18.6 Å². The van der Waals surface area contributed by atoms with Crippen LogP contribution in [0.5, 0.6) is 5.75 Å².